The summed E-state index contributed by atoms with van der Waals surface area (Å²) in [4.78, 5) is 16.5. The van der Waals surface area contributed by atoms with Crippen LogP contribution in [-0.4, -0.2) is 32.8 Å². The van der Waals surface area contributed by atoms with E-state index in [2.05, 4.69) is 15.4 Å². The molecule has 1 atom stereocenters. The molecule has 2 rings (SSSR count). The fourth-order valence-electron chi connectivity index (χ4n) is 1.89. The van der Waals surface area contributed by atoms with Gasteiger partial charge in [-0.1, -0.05) is 18.5 Å². The van der Waals surface area contributed by atoms with E-state index in [0.717, 1.165) is 0 Å². The third-order valence-corrected chi connectivity index (χ3v) is 3.96. The largest absolute Gasteiger partial charge is 0.474 e. The number of rotatable bonds is 6. The first-order chi connectivity index (χ1) is 10.9. The van der Waals surface area contributed by atoms with Gasteiger partial charge in [-0.2, -0.15) is 5.10 Å². The number of aromatic nitrogens is 3. The van der Waals surface area contributed by atoms with Crippen LogP contribution < -0.4 is 15.8 Å². The fourth-order valence-corrected chi connectivity index (χ4v) is 2.07. The summed E-state index contributed by atoms with van der Waals surface area (Å²) in [5.74, 6) is 0.356. The van der Waals surface area contributed by atoms with E-state index in [1.807, 2.05) is 13.8 Å². The number of nitrogens with two attached hydrogens (primary N) is 1. The third kappa shape index (κ3) is 3.92. The number of carbonyl (C=O) groups is 1. The number of nitrogens with zero attached hydrogens (tertiary/aromatic N) is 3. The number of ether oxygens (including phenoxy) is 1. The number of nitrogens with one attached hydrogen (secondary N) is 1. The summed E-state index contributed by atoms with van der Waals surface area (Å²) in [7, 11) is 1.68. The number of halogens is 1. The van der Waals surface area contributed by atoms with E-state index in [4.69, 9.17) is 22.1 Å². The normalized spacial score (nSPS) is 13.4. The lowest BCUT2D eigenvalue weighted by molar-refractivity contribution is 0.0860. The highest BCUT2D eigenvalue weighted by Gasteiger charge is 2.28. The molecule has 0 unspecified atom stereocenters. The Balaban J connectivity index is 2.07. The van der Waals surface area contributed by atoms with E-state index in [-0.39, 0.29) is 12.5 Å². The van der Waals surface area contributed by atoms with Gasteiger partial charge in [0.05, 0.1) is 11.7 Å². The van der Waals surface area contributed by atoms with Crippen LogP contribution in [0.1, 0.15) is 30.6 Å². The maximum atomic E-state index is 12.4. The summed E-state index contributed by atoms with van der Waals surface area (Å²) in [6.45, 7) is 4.07. The van der Waals surface area contributed by atoms with Crippen molar-refractivity contribution in [3.63, 3.8) is 0 Å². The molecule has 0 saturated heterocycles. The molecule has 0 spiro atoms. The average Bonchev–Trinajstić information content (AvgIpc) is 2.86. The van der Waals surface area contributed by atoms with Crippen LogP contribution in [0.3, 0.4) is 0 Å². The van der Waals surface area contributed by atoms with E-state index in [9.17, 15) is 4.79 Å². The topological polar surface area (TPSA) is 95.1 Å². The molecule has 2 aromatic heterocycles. The summed E-state index contributed by atoms with van der Waals surface area (Å²) >= 11 is 6.02. The zero-order chi connectivity index (χ0) is 17.0. The van der Waals surface area contributed by atoms with Gasteiger partial charge in [-0.3, -0.25) is 9.48 Å². The van der Waals surface area contributed by atoms with Gasteiger partial charge in [0.25, 0.3) is 5.91 Å². The van der Waals surface area contributed by atoms with Crippen molar-refractivity contribution in [2.24, 2.45) is 7.05 Å². The predicted octanol–water partition coefficient (Wildman–Crippen LogP) is 2.03. The maximum absolute atomic E-state index is 12.4. The molecule has 1 amide bonds. The van der Waals surface area contributed by atoms with Gasteiger partial charge in [-0.25, -0.2) is 4.98 Å². The number of pyridine rings is 1. The number of hydrogen-bond donors (Lipinski definition) is 2. The van der Waals surface area contributed by atoms with Crippen molar-refractivity contribution in [2.75, 3.05) is 12.3 Å². The van der Waals surface area contributed by atoms with Gasteiger partial charge in [-0.15, -0.1) is 0 Å². The number of anilines is 1. The van der Waals surface area contributed by atoms with Crippen molar-refractivity contribution in [1.82, 2.24) is 20.1 Å². The molecule has 3 N–H and O–H groups in total. The van der Waals surface area contributed by atoms with Gasteiger partial charge in [-0.05, 0) is 25.5 Å². The van der Waals surface area contributed by atoms with Crippen LogP contribution in [0.2, 0.25) is 5.02 Å². The summed E-state index contributed by atoms with van der Waals surface area (Å²) < 4.78 is 7.10. The highest BCUT2D eigenvalue weighted by molar-refractivity contribution is 6.31. The number of nitrogen functional groups attached to an aromatic ring is 1. The Hall–Kier alpha value is -2.28. The third-order valence-electron chi connectivity index (χ3n) is 3.68. The fraction of sp³-hybridized carbons (Fsp3) is 0.400. The Labute approximate surface area is 139 Å². The van der Waals surface area contributed by atoms with E-state index < -0.39 is 5.54 Å². The van der Waals surface area contributed by atoms with E-state index in [0.29, 0.717) is 28.7 Å². The molecule has 0 radical (unpaired) electrons. The zero-order valence-corrected chi connectivity index (χ0v) is 14.1. The second-order valence-corrected chi connectivity index (χ2v) is 5.92. The quantitative estimate of drug-likeness (QED) is 0.841. The molecule has 0 bridgehead atoms. The minimum absolute atomic E-state index is 0.228. The molecule has 7 nitrogen and oxygen atoms in total. The molecule has 124 valence electrons. The van der Waals surface area contributed by atoms with Gasteiger partial charge < -0.3 is 15.8 Å². The lowest BCUT2D eigenvalue weighted by Gasteiger charge is -2.29. The minimum Gasteiger partial charge on any atom is -0.474 e. The number of amides is 1. The van der Waals surface area contributed by atoms with Gasteiger partial charge in [0.2, 0.25) is 5.88 Å². The summed E-state index contributed by atoms with van der Waals surface area (Å²) in [5.41, 5.74) is 5.57. The van der Waals surface area contributed by atoms with Crippen LogP contribution in [0.25, 0.3) is 0 Å². The van der Waals surface area contributed by atoms with E-state index in [1.165, 1.54) is 10.9 Å². The molecule has 2 aromatic rings. The first kappa shape index (κ1) is 17.1. The van der Waals surface area contributed by atoms with Crippen molar-refractivity contribution in [1.29, 1.82) is 0 Å². The van der Waals surface area contributed by atoms with Crippen molar-refractivity contribution in [3.8, 4) is 5.88 Å². The van der Waals surface area contributed by atoms with Crippen molar-refractivity contribution >= 4 is 23.3 Å². The van der Waals surface area contributed by atoms with E-state index in [1.54, 1.807) is 25.4 Å². The van der Waals surface area contributed by atoms with Gasteiger partial charge in [0, 0.05) is 13.2 Å². The molecule has 0 aliphatic carbocycles. The summed E-state index contributed by atoms with van der Waals surface area (Å²) in [6.07, 6.45) is 3.69. The predicted molar refractivity (Wildman–Crippen MR) is 88.5 cm³/mol. The first-order valence-corrected chi connectivity index (χ1v) is 7.57. The lowest BCUT2D eigenvalue weighted by Crippen LogP contribution is -2.50. The Morgan fingerprint density at radius 2 is 2.30 bits per heavy atom. The van der Waals surface area contributed by atoms with Crippen LogP contribution in [0, 0.1) is 0 Å². The minimum atomic E-state index is -0.597. The second kappa shape index (κ2) is 6.87. The highest BCUT2D eigenvalue weighted by atomic mass is 35.5. The van der Waals surface area contributed by atoms with Crippen molar-refractivity contribution in [3.05, 3.63) is 35.1 Å². The molecule has 0 aliphatic heterocycles. The Morgan fingerprint density at radius 3 is 2.87 bits per heavy atom. The number of aryl methyl sites for hydroxylation is 1. The zero-order valence-electron chi connectivity index (χ0n) is 13.3. The van der Waals surface area contributed by atoms with Crippen LogP contribution in [0.5, 0.6) is 5.88 Å². The van der Waals surface area contributed by atoms with E-state index >= 15 is 0 Å². The van der Waals surface area contributed by atoms with Gasteiger partial charge in [0.1, 0.15) is 23.0 Å². The standard InChI is InChI=1S/C15H20ClN5O2/c1-4-15(2,9-23-14-11(16)6-5-7-18-14)20-13(22)10-8-19-21(3)12(10)17/h5-8H,4,9,17H2,1-3H3,(H,20,22)/t15-/m0/s1. The second-order valence-electron chi connectivity index (χ2n) is 5.51. The summed E-state index contributed by atoms with van der Waals surface area (Å²) in [6, 6.07) is 3.42. The highest BCUT2D eigenvalue weighted by Crippen LogP contribution is 2.22. The summed E-state index contributed by atoms with van der Waals surface area (Å²) in [5, 5.41) is 7.33. The SMILES string of the molecule is CC[C@@](C)(COc1ncccc1Cl)NC(=O)c1cnn(C)c1N. The maximum Gasteiger partial charge on any atom is 0.257 e. The molecule has 0 aromatic carbocycles. The Morgan fingerprint density at radius 1 is 1.57 bits per heavy atom. The van der Waals surface area contributed by atoms with Gasteiger partial charge in [0.15, 0.2) is 0 Å². The molecule has 0 aliphatic rings. The van der Waals surface area contributed by atoms with Crippen molar-refractivity contribution < 1.29 is 9.53 Å². The Bertz CT molecular complexity index is 703. The Kier molecular flexibility index (Phi) is 5.10. The number of hydrogen-bond acceptors (Lipinski definition) is 5. The molecule has 0 fully saturated rings. The molecule has 2 heterocycles. The molecule has 8 heteroatoms. The number of carbonyl (C=O) groups excluding carboxylic acids is 1. The lowest BCUT2D eigenvalue weighted by atomic mass is 9.99. The van der Waals surface area contributed by atoms with Crippen LogP contribution in [0.4, 0.5) is 5.82 Å². The van der Waals surface area contributed by atoms with Gasteiger partial charge >= 0.3 is 0 Å². The monoisotopic (exact) mass is 337 g/mol. The molecule has 0 saturated carbocycles. The molecular weight excluding hydrogens is 318 g/mol. The molecule has 23 heavy (non-hydrogen) atoms. The van der Waals surface area contributed by atoms with Crippen LogP contribution >= 0.6 is 11.6 Å². The van der Waals surface area contributed by atoms with Crippen molar-refractivity contribution in [2.45, 2.75) is 25.8 Å². The molecular formula is C15H20ClN5O2. The van der Waals surface area contributed by atoms with Crippen LogP contribution in [0.15, 0.2) is 24.5 Å². The smallest absolute Gasteiger partial charge is 0.257 e. The average molecular weight is 338 g/mol. The first-order valence-electron chi connectivity index (χ1n) is 7.19. The van der Waals surface area contributed by atoms with Crippen LogP contribution in [-0.2, 0) is 7.05 Å².